The van der Waals surface area contributed by atoms with Crippen molar-refractivity contribution in [3.63, 3.8) is 0 Å². The van der Waals surface area contributed by atoms with Crippen LogP contribution in [0.15, 0.2) is 23.8 Å². The lowest BCUT2D eigenvalue weighted by atomic mass is 10.4. The van der Waals surface area contributed by atoms with Crippen molar-refractivity contribution in [2.45, 2.75) is 6.92 Å². The van der Waals surface area contributed by atoms with E-state index in [1.165, 1.54) is 11.3 Å². The number of carbonyl (C=O) groups excluding carboxylic acids is 1. The average molecular weight is 220 g/mol. The van der Waals surface area contributed by atoms with Crippen molar-refractivity contribution < 1.29 is 4.79 Å². The minimum absolute atomic E-state index is 0.268. The topological polar surface area (TPSA) is 67.8 Å². The van der Waals surface area contributed by atoms with E-state index in [9.17, 15) is 4.79 Å². The minimum atomic E-state index is -0.268. The second-order valence-corrected chi connectivity index (χ2v) is 3.68. The number of anilines is 1. The predicted molar refractivity (Wildman–Crippen MR) is 56.8 cm³/mol. The Morgan fingerprint density at radius 1 is 1.40 bits per heavy atom. The average Bonchev–Trinajstić information content (AvgIpc) is 2.70. The molecule has 0 spiro atoms. The molecule has 76 valence electrons. The molecule has 0 aliphatic rings. The largest absolute Gasteiger partial charge is 0.296 e. The highest BCUT2D eigenvalue weighted by atomic mass is 32.1. The number of hydrogen-bond acceptors (Lipinski definition) is 5. The van der Waals surface area contributed by atoms with Gasteiger partial charge in [0.25, 0.3) is 5.91 Å². The zero-order chi connectivity index (χ0) is 10.7. The SMILES string of the molecule is Cc1nccc(C(=O)Nc2nccs2)n1. The molecule has 2 rings (SSSR count). The first-order valence-corrected chi connectivity index (χ1v) is 5.14. The second kappa shape index (κ2) is 4.14. The minimum Gasteiger partial charge on any atom is -0.296 e. The van der Waals surface area contributed by atoms with Gasteiger partial charge in [-0.2, -0.15) is 0 Å². The van der Waals surface area contributed by atoms with Crippen molar-refractivity contribution in [3.05, 3.63) is 35.4 Å². The van der Waals surface area contributed by atoms with Crippen molar-refractivity contribution in [3.8, 4) is 0 Å². The van der Waals surface area contributed by atoms with Crippen LogP contribution in [0, 0.1) is 6.92 Å². The summed E-state index contributed by atoms with van der Waals surface area (Å²) in [7, 11) is 0. The normalized spacial score (nSPS) is 9.93. The first kappa shape index (κ1) is 9.72. The third-order valence-corrected chi connectivity index (χ3v) is 2.35. The Morgan fingerprint density at radius 3 is 2.93 bits per heavy atom. The van der Waals surface area contributed by atoms with Gasteiger partial charge in [0, 0.05) is 17.8 Å². The van der Waals surface area contributed by atoms with Crippen molar-refractivity contribution in [1.82, 2.24) is 15.0 Å². The highest BCUT2D eigenvalue weighted by Gasteiger charge is 2.08. The van der Waals surface area contributed by atoms with Crippen LogP contribution in [0.5, 0.6) is 0 Å². The van der Waals surface area contributed by atoms with Gasteiger partial charge in [-0.15, -0.1) is 11.3 Å². The molecule has 0 bridgehead atoms. The molecule has 0 saturated carbocycles. The fourth-order valence-electron chi connectivity index (χ4n) is 1.03. The van der Waals surface area contributed by atoms with Crippen LogP contribution >= 0.6 is 11.3 Å². The highest BCUT2D eigenvalue weighted by molar-refractivity contribution is 7.13. The standard InChI is InChI=1S/C9H8N4OS/c1-6-10-3-2-7(12-6)8(14)13-9-11-4-5-15-9/h2-5H,1H3,(H,11,13,14). The quantitative estimate of drug-likeness (QED) is 0.832. The lowest BCUT2D eigenvalue weighted by Crippen LogP contribution is -2.14. The summed E-state index contributed by atoms with van der Waals surface area (Å²) in [6, 6.07) is 1.57. The molecule has 6 heteroatoms. The molecule has 2 heterocycles. The van der Waals surface area contributed by atoms with E-state index in [2.05, 4.69) is 20.3 Å². The summed E-state index contributed by atoms with van der Waals surface area (Å²) in [4.78, 5) is 23.5. The summed E-state index contributed by atoms with van der Waals surface area (Å²) in [5.74, 6) is 0.303. The van der Waals surface area contributed by atoms with E-state index in [4.69, 9.17) is 0 Å². The number of hydrogen-bond donors (Lipinski definition) is 1. The van der Waals surface area contributed by atoms with Gasteiger partial charge in [-0.05, 0) is 13.0 Å². The lowest BCUT2D eigenvalue weighted by molar-refractivity contribution is 0.102. The number of carbonyl (C=O) groups is 1. The number of rotatable bonds is 2. The van der Waals surface area contributed by atoms with Crippen molar-refractivity contribution in [2.75, 3.05) is 5.32 Å². The molecule has 0 aromatic carbocycles. The van der Waals surface area contributed by atoms with Crippen molar-refractivity contribution in [1.29, 1.82) is 0 Å². The summed E-state index contributed by atoms with van der Waals surface area (Å²) in [6.45, 7) is 1.74. The van der Waals surface area contributed by atoms with E-state index in [1.54, 1.807) is 30.8 Å². The molecule has 0 aliphatic heterocycles. The van der Waals surface area contributed by atoms with Gasteiger partial charge in [-0.25, -0.2) is 15.0 Å². The molecule has 2 aromatic heterocycles. The van der Waals surface area contributed by atoms with Gasteiger partial charge >= 0.3 is 0 Å². The Bertz CT molecular complexity index is 469. The van der Waals surface area contributed by atoms with E-state index in [0.29, 0.717) is 16.6 Å². The monoisotopic (exact) mass is 220 g/mol. The third kappa shape index (κ3) is 2.35. The van der Waals surface area contributed by atoms with E-state index in [1.807, 2.05) is 0 Å². The van der Waals surface area contributed by atoms with Crippen molar-refractivity contribution in [2.24, 2.45) is 0 Å². The highest BCUT2D eigenvalue weighted by Crippen LogP contribution is 2.11. The van der Waals surface area contributed by atoms with Crippen LogP contribution in [0.1, 0.15) is 16.3 Å². The Morgan fingerprint density at radius 2 is 2.27 bits per heavy atom. The van der Waals surface area contributed by atoms with Crippen LogP contribution in [-0.2, 0) is 0 Å². The Labute approximate surface area is 90.2 Å². The predicted octanol–water partition coefficient (Wildman–Crippen LogP) is 1.49. The number of thiazole rings is 1. The summed E-state index contributed by atoms with van der Waals surface area (Å²) < 4.78 is 0. The molecule has 0 aliphatic carbocycles. The van der Waals surface area contributed by atoms with Gasteiger partial charge in [0.1, 0.15) is 11.5 Å². The van der Waals surface area contributed by atoms with Gasteiger partial charge in [0.05, 0.1) is 0 Å². The van der Waals surface area contributed by atoms with Crippen LogP contribution < -0.4 is 5.32 Å². The zero-order valence-electron chi connectivity index (χ0n) is 7.97. The molecule has 2 aromatic rings. The van der Waals surface area contributed by atoms with E-state index in [0.717, 1.165) is 0 Å². The first-order valence-electron chi connectivity index (χ1n) is 4.26. The van der Waals surface area contributed by atoms with Gasteiger partial charge in [-0.1, -0.05) is 0 Å². The number of nitrogens with one attached hydrogen (secondary N) is 1. The van der Waals surface area contributed by atoms with Crippen LogP contribution in [-0.4, -0.2) is 20.9 Å². The second-order valence-electron chi connectivity index (χ2n) is 2.78. The number of aryl methyl sites for hydroxylation is 1. The molecule has 15 heavy (non-hydrogen) atoms. The summed E-state index contributed by atoms with van der Waals surface area (Å²) >= 11 is 1.36. The van der Waals surface area contributed by atoms with E-state index in [-0.39, 0.29) is 5.91 Å². The number of amides is 1. The lowest BCUT2D eigenvalue weighted by Gasteiger charge is -2.00. The molecule has 0 unspecified atom stereocenters. The Balaban J connectivity index is 2.15. The zero-order valence-corrected chi connectivity index (χ0v) is 8.78. The molecule has 5 nitrogen and oxygen atoms in total. The Kier molecular flexibility index (Phi) is 2.68. The molecule has 0 atom stereocenters. The van der Waals surface area contributed by atoms with Gasteiger partial charge in [0.15, 0.2) is 5.13 Å². The van der Waals surface area contributed by atoms with E-state index < -0.39 is 0 Å². The van der Waals surface area contributed by atoms with E-state index >= 15 is 0 Å². The molecule has 0 fully saturated rings. The molecule has 0 saturated heterocycles. The molecular formula is C9H8N4OS. The molecular weight excluding hydrogens is 212 g/mol. The smallest absolute Gasteiger partial charge is 0.276 e. The summed E-state index contributed by atoms with van der Waals surface area (Å²) in [5, 5.41) is 5.00. The molecule has 1 amide bonds. The number of aromatic nitrogens is 3. The first-order chi connectivity index (χ1) is 7.25. The van der Waals surface area contributed by atoms with Crippen LogP contribution in [0.3, 0.4) is 0 Å². The summed E-state index contributed by atoms with van der Waals surface area (Å²) in [6.07, 6.45) is 3.19. The number of nitrogens with zero attached hydrogens (tertiary/aromatic N) is 3. The molecule has 1 N–H and O–H groups in total. The van der Waals surface area contributed by atoms with Crippen LogP contribution in [0.25, 0.3) is 0 Å². The maximum absolute atomic E-state index is 11.6. The van der Waals surface area contributed by atoms with Gasteiger partial charge in [-0.3, -0.25) is 10.1 Å². The summed E-state index contributed by atoms with van der Waals surface area (Å²) in [5.41, 5.74) is 0.345. The van der Waals surface area contributed by atoms with Crippen LogP contribution in [0.2, 0.25) is 0 Å². The maximum Gasteiger partial charge on any atom is 0.276 e. The third-order valence-electron chi connectivity index (χ3n) is 1.66. The fraction of sp³-hybridized carbons (Fsp3) is 0.111. The van der Waals surface area contributed by atoms with Crippen LogP contribution in [0.4, 0.5) is 5.13 Å². The maximum atomic E-state index is 11.6. The van der Waals surface area contributed by atoms with Crippen molar-refractivity contribution >= 4 is 22.4 Å². The van der Waals surface area contributed by atoms with Gasteiger partial charge in [0.2, 0.25) is 0 Å². The van der Waals surface area contributed by atoms with Gasteiger partial charge < -0.3 is 0 Å². The fourth-order valence-corrected chi connectivity index (χ4v) is 1.55. The molecule has 0 radical (unpaired) electrons. The Hall–Kier alpha value is -1.82.